The monoisotopic (exact) mass is 225 g/mol. The van der Waals surface area contributed by atoms with E-state index in [1.165, 1.54) is 5.56 Å². The highest BCUT2D eigenvalue weighted by molar-refractivity contribution is 5.15. The van der Waals surface area contributed by atoms with Crippen molar-refractivity contribution in [1.29, 1.82) is 0 Å². The van der Waals surface area contributed by atoms with Crippen LogP contribution in [0.5, 0.6) is 0 Å². The molecule has 3 nitrogen and oxygen atoms in total. The minimum atomic E-state index is 0.587. The second-order valence-electron chi connectivity index (χ2n) is 3.84. The normalized spacial score (nSPS) is 10.1. The molecule has 2 aromatic rings. The van der Waals surface area contributed by atoms with E-state index in [1.807, 2.05) is 35.3 Å². The molecular formula is C14H15N3. The number of nitrogens with zero attached hydrogens (tertiary/aromatic N) is 2. The zero-order chi connectivity index (χ0) is 11.9. The number of nitrogens with one attached hydrogen (secondary N) is 1. The first-order valence-corrected chi connectivity index (χ1v) is 5.58. The number of benzene rings is 1. The number of hydrogen-bond acceptors (Lipinski definition) is 2. The Balaban J connectivity index is 1.93. The predicted octanol–water partition coefficient (Wildman–Crippen LogP) is 1.65. The molecule has 17 heavy (non-hydrogen) atoms. The summed E-state index contributed by atoms with van der Waals surface area (Å²) in [5.74, 6) is 2.55. The Morgan fingerprint density at radius 3 is 2.82 bits per heavy atom. The van der Waals surface area contributed by atoms with Gasteiger partial charge in [-0.3, -0.25) is 4.68 Å². The van der Waals surface area contributed by atoms with Gasteiger partial charge in [0.15, 0.2) is 0 Å². The third-order valence-electron chi connectivity index (χ3n) is 2.43. The molecule has 1 heterocycles. The fourth-order valence-corrected chi connectivity index (χ4v) is 1.63. The van der Waals surface area contributed by atoms with Crippen molar-refractivity contribution in [3.05, 3.63) is 53.9 Å². The highest BCUT2D eigenvalue weighted by atomic mass is 15.3. The number of hydrogen-bond donors (Lipinski definition) is 1. The van der Waals surface area contributed by atoms with Gasteiger partial charge in [-0.25, -0.2) is 0 Å². The molecule has 0 aliphatic heterocycles. The third-order valence-corrected chi connectivity index (χ3v) is 2.43. The summed E-state index contributed by atoms with van der Waals surface area (Å²) in [6.07, 6.45) is 9.07. The Kier molecular flexibility index (Phi) is 3.95. The SMILES string of the molecule is C#CCNCc1cnn(Cc2ccccc2)c1. The maximum absolute atomic E-state index is 5.17. The summed E-state index contributed by atoms with van der Waals surface area (Å²) < 4.78 is 1.93. The largest absolute Gasteiger partial charge is 0.302 e. The molecule has 0 spiro atoms. The van der Waals surface area contributed by atoms with Crippen LogP contribution in [0.4, 0.5) is 0 Å². The van der Waals surface area contributed by atoms with Gasteiger partial charge in [0, 0.05) is 18.3 Å². The number of rotatable bonds is 5. The first-order chi connectivity index (χ1) is 8.38. The fourth-order valence-electron chi connectivity index (χ4n) is 1.63. The summed E-state index contributed by atoms with van der Waals surface area (Å²) in [7, 11) is 0. The topological polar surface area (TPSA) is 29.9 Å². The molecule has 0 aliphatic carbocycles. The summed E-state index contributed by atoms with van der Waals surface area (Å²) in [5, 5.41) is 7.45. The van der Waals surface area contributed by atoms with Gasteiger partial charge in [-0.1, -0.05) is 36.3 Å². The molecule has 1 aromatic heterocycles. The van der Waals surface area contributed by atoms with E-state index < -0.39 is 0 Å². The van der Waals surface area contributed by atoms with E-state index in [4.69, 9.17) is 6.42 Å². The van der Waals surface area contributed by atoms with Crippen LogP contribution in [-0.2, 0) is 13.1 Å². The van der Waals surface area contributed by atoms with Crippen molar-refractivity contribution in [3.63, 3.8) is 0 Å². The standard InChI is InChI=1S/C14H15N3/c1-2-8-15-9-14-10-16-17(12-14)11-13-6-4-3-5-7-13/h1,3-7,10,12,15H,8-9,11H2. The average molecular weight is 225 g/mol. The van der Waals surface area contributed by atoms with Crippen LogP contribution in [0, 0.1) is 12.3 Å². The van der Waals surface area contributed by atoms with Crippen molar-refractivity contribution < 1.29 is 0 Å². The van der Waals surface area contributed by atoms with Crippen molar-refractivity contribution in [2.75, 3.05) is 6.54 Å². The van der Waals surface area contributed by atoms with Gasteiger partial charge in [-0.15, -0.1) is 6.42 Å². The Bertz CT molecular complexity index is 494. The minimum Gasteiger partial charge on any atom is -0.302 e. The molecule has 1 N–H and O–H groups in total. The number of terminal acetylenes is 1. The van der Waals surface area contributed by atoms with Crippen molar-refractivity contribution in [2.24, 2.45) is 0 Å². The smallest absolute Gasteiger partial charge is 0.0659 e. The van der Waals surface area contributed by atoms with E-state index >= 15 is 0 Å². The molecule has 86 valence electrons. The van der Waals surface area contributed by atoms with Crippen molar-refractivity contribution in [2.45, 2.75) is 13.1 Å². The van der Waals surface area contributed by atoms with Gasteiger partial charge in [0.1, 0.15) is 0 Å². The van der Waals surface area contributed by atoms with Crippen LogP contribution >= 0.6 is 0 Å². The Labute approximate surface area is 101 Å². The highest BCUT2D eigenvalue weighted by Crippen LogP contribution is 2.03. The Hall–Kier alpha value is -2.05. The fraction of sp³-hybridized carbons (Fsp3) is 0.214. The molecule has 2 rings (SSSR count). The Morgan fingerprint density at radius 1 is 1.24 bits per heavy atom. The molecule has 0 bridgehead atoms. The van der Waals surface area contributed by atoms with Crippen LogP contribution in [-0.4, -0.2) is 16.3 Å². The quantitative estimate of drug-likeness (QED) is 0.619. The first kappa shape index (κ1) is 11.4. The lowest BCUT2D eigenvalue weighted by atomic mass is 10.2. The van der Waals surface area contributed by atoms with Crippen LogP contribution in [0.1, 0.15) is 11.1 Å². The molecule has 0 unspecified atom stereocenters. The summed E-state index contributed by atoms with van der Waals surface area (Å²) in [4.78, 5) is 0. The summed E-state index contributed by atoms with van der Waals surface area (Å²) in [5.41, 5.74) is 2.40. The second-order valence-corrected chi connectivity index (χ2v) is 3.84. The maximum Gasteiger partial charge on any atom is 0.0659 e. The molecule has 0 radical (unpaired) electrons. The highest BCUT2D eigenvalue weighted by Gasteiger charge is 1.98. The number of aromatic nitrogens is 2. The average Bonchev–Trinajstić information content (AvgIpc) is 2.79. The van der Waals surface area contributed by atoms with Crippen LogP contribution in [0.3, 0.4) is 0 Å². The summed E-state index contributed by atoms with van der Waals surface area (Å²) >= 11 is 0. The Morgan fingerprint density at radius 2 is 2.06 bits per heavy atom. The predicted molar refractivity (Wildman–Crippen MR) is 68.3 cm³/mol. The molecule has 0 saturated carbocycles. The third kappa shape index (κ3) is 3.47. The van der Waals surface area contributed by atoms with Gasteiger partial charge < -0.3 is 5.32 Å². The maximum atomic E-state index is 5.17. The molecule has 0 saturated heterocycles. The lowest BCUT2D eigenvalue weighted by molar-refractivity contribution is 0.684. The molecule has 3 heteroatoms. The van der Waals surface area contributed by atoms with Crippen LogP contribution in [0.15, 0.2) is 42.7 Å². The van der Waals surface area contributed by atoms with Gasteiger partial charge in [-0.2, -0.15) is 5.10 Å². The van der Waals surface area contributed by atoms with Gasteiger partial charge in [0.2, 0.25) is 0 Å². The molecular weight excluding hydrogens is 210 g/mol. The van der Waals surface area contributed by atoms with E-state index in [1.54, 1.807) is 0 Å². The van der Waals surface area contributed by atoms with Gasteiger partial charge in [-0.05, 0) is 5.56 Å². The van der Waals surface area contributed by atoms with E-state index in [9.17, 15) is 0 Å². The van der Waals surface area contributed by atoms with Crippen LogP contribution in [0.2, 0.25) is 0 Å². The zero-order valence-corrected chi connectivity index (χ0v) is 9.63. The molecule has 0 aliphatic rings. The molecule has 0 fully saturated rings. The molecule has 0 atom stereocenters. The van der Waals surface area contributed by atoms with Crippen molar-refractivity contribution in [1.82, 2.24) is 15.1 Å². The zero-order valence-electron chi connectivity index (χ0n) is 9.63. The second kappa shape index (κ2) is 5.88. The summed E-state index contributed by atoms with van der Waals surface area (Å²) in [6, 6.07) is 10.3. The van der Waals surface area contributed by atoms with Crippen LogP contribution in [0.25, 0.3) is 0 Å². The van der Waals surface area contributed by atoms with Gasteiger partial charge >= 0.3 is 0 Å². The van der Waals surface area contributed by atoms with E-state index in [0.717, 1.165) is 18.7 Å². The van der Waals surface area contributed by atoms with Crippen molar-refractivity contribution >= 4 is 0 Å². The minimum absolute atomic E-state index is 0.587. The van der Waals surface area contributed by atoms with Crippen LogP contribution < -0.4 is 5.32 Å². The first-order valence-electron chi connectivity index (χ1n) is 5.58. The lowest BCUT2D eigenvalue weighted by Crippen LogP contribution is -2.12. The molecule has 1 aromatic carbocycles. The van der Waals surface area contributed by atoms with E-state index in [2.05, 4.69) is 28.5 Å². The summed E-state index contributed by atoms with van der Waals surface area (Å²) in [6.45, 7) is 2.15. The molecule has 0 amide bonds. The lowest BCUT2D eigenvalue weighted by Gasteiger charge is -2.00. The van der Waals surface area contributed by atoms with Crippen molar-refractivity contribution in [3.8, 4) is 12.3 Å². The van der Waals surface area contributed by atoms with Gasteiger partial charge in [0.05, 0.1) is 19.3 Å². The van der Waals surface area contributed by atoms with Gasteiger partial charge in [0.25, 0.3) is 0 Å². The van der Waals surface area contributed by atoms with E-state index in [-0.39, 0.29) is 0 Å². The van der Waals surface area contributed by atoms with E-state index in [0.29, 0.717) is 6.54 Å².